The van der Waals surface area contributed by atoms with E-state index in [1.165, 1.54) is 83.5 Å². The molecule has 1 atom stereocenters. The van der Waals surface area contributed by atoms with Crippen molar-refractivity contribution in [1.29, 1.82) is 0 Å². The fourth-order valence-electron chi connectivity index (χ4n) is 10.3. The molecule has 0 saturated carbocycles. The second kappa shape index (κ2) is 14.2. The summed E-state index contributed by atoms with van der Waals surface area (Å²) in [5, 5.41) is 0. The Hall–Kier alpha value is -3.61. The zero-order chi connectivity index (χ0) is 36.1. The summed E-state index contributed by atoms with van der Waals surface area (Å²) in [6.07, 6.45) is 6.05. The Labute approximate surface area is 342 Å². The summed E-state index contributed by atoms with van der Waals surface area (Å²) in [5.41, 5.74) is 21.8. The molecule has 54 heavy (non-hydrogen) atoms. The molecule has 270 valence electrons. The maximum Gasteiger partial charge on any atom is -1.00 e. The van der Waals surface area contributed by atoms with Gasteiger partial charge in [-0.3, -0.25) is 0 Å². The Bertz CT molecular complexity index is 2450. The average Bonchev–Trinajstić information content (AvgIpc) is 3.78. The van der Waals surface area contributed by atoms with Crippen molar-refractivity contribution in [3.8, 4) is 11.1 Å². The minimum Gasteiger partial charge on any atom is -1.00 e. The molecule has 9 rings (SSSR count). The summed E-state index contributed by atoms with van der Waals surface area (Å²) in [6, 6.07) is 44.1. The van der Waals surface area contributed by atoms with Crippen molar-refractivity contribution in [1.82, 2.24) is 0 Å². The molecule has 0 saturated heterocycles. The number of hydrogen-bond acceptors (Lipinski definition) is 0. The second-order valence-corrected chi connectivity index (χ2v) is 22.3. The third-order valence-electron chi connectivity index (χ3n) is 12.6. The van der Waals surface area contributed by atoms with Crippen molar-refractivity contribution >= 4 is 19.9 Å². The fourth-order valence-corrected chi connectivity index (χ4v) is 20.1. The minimum absolute atomic E-state index is 0. The van der Waals surface area contributed by atoms with E-state index in [0.717, 1.165) is 6.42 Å². The van der Waals surface area contributed by atoms with Gasteiger partial charge < -0.3 is 24.8 Å². The summed E-state index contributed by atoms with van der Waals surface area (Å²) >= 11 is -2.96. The van der Waals surface area contributed by atoms with E-state index < -0.39 is 21.3 Å². The van der Waals surface area contributed by atoms with Crippen LogP contribution in [-0.2, 0) is 38.5 Å². The van der Waals surface area contributed by atoms with Crippen molar-refractivity contribution in [2.24, 2.45) is 5.92 Å². The molecule has 0 bridgehead atoms. The first kappa shape index (κ1) is 38.7. The first-order valence-electron chi connectivity index (χ1n) is 19.1. The van der Waals surface area contributed by atoms with Crippen molar-refractivity contribution < 1.29 is 46.1 Å². The van der Waals surface area contributed by atoms with Crippen molar-refractivity contribution in [2.45, 2.75) is 72.6 Å². The van der Waals surface area contributed by atoms with Crippen LogP contribution >= 0.6 is 0 Å². The summed E-state index contributed by atoms with van der Waals surface area (Å²) in [5.74, 6) is 0.381. The van der Waals surface area contributed by atoms with E-state index >= 15 is 0 Å². The summed E-state index contributed by atoms with van der Waals surface area (Å²) < 4.78 is 5.05. The Morgan fingerprint density at radius 1 is 0.611 bits per heavy atom. The van der Waals surface area contributed by atoms with Gasteiger partial charge in [0.05, 0.1) is 0 Å². The second-order valence-electron chi connectivity index (χ2n) is 16.7. The van der Waals surface area contributed by atoms with E-state index in [1.54, 1.807) is 9.77 Å². The first-order chi connectivity index (χ1) is 25.0. The maximum atomic E-state index is 2.62. The molecule has 0 amide bonds. The number of halogens is 2. The van der Waals surface area contributed by atoms with Gasteiger partial charge in [-0.05, 0) is 0 Å². The van der Waals surface area contributed by atoms with E-state index in [2.05, 4.69) is 183 Å². The van der Waals surface area contributed by atoms with Gasteiger partial charge in [-0.2, -0.15) is 0 Å². The van der Waals surface area contributed by atoms with Gasteiger partial charge >= 0.3 is 320 Å². The van der Waals surface area contributed by atoms with E-state index in [-0.39, 0.29) is 35.6 Å². The van der Waals surface area contributed by atoms with Crippen molar-refractivity contribution in [3.63, 3.8) is 0 Å². The summed E-state index contributed by atoms with van der Waals surface area (Å²) in [7, 11) is 0. The molecule has 0 N–H and O–H groups in total. The topological polar surface area (TPSA) is 0 Å². The largest absolute Gasteiger partial charge is 1.00 e. The van der Waals surface area contributed by atoms with E-state index in [1.807, 2.05) is 0 Å². The number of benzene rings is 5. The molecular weight excluding hydrogens is 775 g/mol. The van der Waals surface area contributed by atoms with Crippen LogP contribution in [0.25, 0.3) is 27.8 Å². The van der Waals surface area contributed by atoms with Crippen LogP contribution in [0.2, 0.25) is 0 Å². The molecule has 0 radical (unpaired) electrons. The van der Waals surface area contributed by atoms with E-state index in [0.29, 0.717) is 5.92 Å². The number of hydrogen-bond donors (Lipinski definition) is 0. The number of allylic oxidation sites excluding steroid dienone is 8. The normalized spacial score (nSPS) is 18.0. The molecule has 4 aliphatic carbocycles. The summed E-state index contributed by atoms with van der Waals surface area (Å²) in [6.45, 7) is 19.5. The molecule has 5 aromatic rings. The molecule has 1 unspecified atom stereocenters. The predicted octanol–water partition coefficient (Wildman–Crippen LogP) is 6.88. The standard InChI is InChI=1S/C25H25.C13H13.C13H10.2ClH.Zr/c1-14-12-24(3,4)22-8-16-7-17-9-23-19(15(2)13-25(23,5)6)11-21(17)20(16)10-18(14)22;1-10-8-11(2)13(9-10)12-6-4-3-5-7-12;1-3-7-12(8-4-1)11-13-9-5-2-6-10-13;;;/h8-12H,7H2,1-6H3;3-7,9-10H,1-2H3;1-10H;2*1H;/q;;;;;+2/p-2. The number of rotatable bonds is 5. The van der Waals surface area contributed by atoms with Crippen LogP contribution in [0.15, 0.2) is 140 Å². The SMILES string of the molecule is CC1=CC(C)(C)c2cc3c(cc21)-c1cc2c(cc1C3)C(C)(C)[C]([Zr+2]([C]1=C(C)C(c3ccccc3)=CC1C)=[C](c1ccccc1)c1ccccc1)=C2C.[Cl-].[Cl-]. The molecule has 0 spiro atoms. The third-order valence-corrected chi connectivity index (χ3v) is 22.3. The molecule has 0 fully saturated rings. The smallest absolute Gasteiger partial charge is 1.00 e. The van der Waals surface area contributed by atoms with Gasteiger partial charge in [-0.15, -0.1) is 0 Å². The van der Waals surface area contributed by atoms with Crippen LogP contribution in [0.4, 0.5) is 0 Å². The van der Waals surface area contributed by atoms with Gasteiger partial charge in [0.2, 0.25) is 0 Å². The quantitative estimate of drug-likeness (QED) is 0.178. The zero-order valence-electron chi connectivity index (χ0n) is 32.7. The fraction of sp³-hybridized carbons (Fsp3) is 0.235. The van der Waals surface area contributed by atoms with Crippen LogP contribution < -0.4 is 24.8 Å². The van der Waals surface area contributed by atoms with Gasteiger partial charge in [0.25, 0.3) is 0 Å². The molecule has 0 heterocycles. The van der Waals surface area contributed by atoms with Crippen LogP contribution in [0.1, 0.15) is 105 Å². The molecule has 3 heteroatoms. The minimum atomic E-state index is -2.96. The zero-order valence-corrected chi connectivity index (χ0v) is 36.6. The van der Waals surface area contributed by atoms with Gasteiger partial charge in [-0.25, -0.2) is 0 Å². The van der Waals surface area contributed by atoms with Gasteiger partial charge in [0, 0.05) is 0 Å². The van der Waals surface area contributed by atoms with E-state index in [4.69, 9.17) is 0 Å². The molecular formula is C51H48Cl2Zr. The van der Waals surface area contributed by atoms with Crippen LogP contribution in [-0.4, -0.2) is 3.21 Å². The Kier molecular flexibility index (Phi) is 10.1. The summed E-state index contributed by atoms with van der Waals surface area (Å²) in [4.78, 5) is 0. The van der Waals surface area contributed by atoms with Gasteiger partial charge in [0.1, 0.15) is 0 Å². The van der Waals surface area contributed by atoms with Crippen LogP contribution in [0, 0.1) is 5.92 Å². The molecule has 4 aliphatic rings. The molecule has 5 aromatic carbocycles. The van der Waals surface area contributed by atoms with Crippen molar-refractivity contribution in [3.05, 3.63) is 190 Å². The molecule has 0 aromatic heterocycles. The van der Waals surface area contributed by atoms with Crippen molar-refractivity contribution in [2.75, 3.05) is 0 Å². The maximum absolute atomic E-state index is 2.96. The van der Waals surface area contributed by atoms with Gasteiger partial charge in [-0.1, -0.05) is 0 Å². The first-order valence-corrected chi connectivity index (χ1v) is 22.8. The Balaban J connectivity index is 0.00000225. The van der Waals surface area contributed by atoms with E-state index in [9.17, 15) is 0 Å². The van der Waals surface area contributed by atoms with Gasteiger partial charge in [0.15, 0.2) is 0 Å². The average molecular weight is 823 g/mol. The monoisotopic (exact) mass is 820 g/mol. The predicted molar refractivity (Wildman–Crippen MR) is 219 cm³/mol. The molecule has 0 nitrogen and oxygen atoms in total. The Morgan fingerprint density at radius 2 is 1.13 bits per heavy atom. The van der Waals surface area contributed by atoms with Crippen LogP contribution in [0.5, 0.6) is 0 Å². The van der Waals surface area contributed by atoms with Crippen LogP contribution in [0.3, 0.4) is 0 Å². The number of fused-ring (bicyclic) bond motifs is 5. The molecule has 0 aliphatic heterocycles. The third kappa shape index (κ3) is 5.93. The Morgan fingerprint density at radius 3 is 1.70 bits per heavy atom.